The summed E-state index contributed by atoms with van der Waals surface area (Å²) in [4.78, 5) is 16.3. The number of nitrogens with zero attached hydrogens (tertiary/aromatic N) is 4. The van der Waals surface area contributed by atoms with Gasteiger partial charge in [-0.15, -0.1) is 0 Å². The summed E-state index contributed by atoms with van der Waals surface area (Å²) in [5.74, 6) is 0.713. The van der Waals surface area contributed by atoms with Crippen molar-refractivity contribution in [3.8, 4) is 11.4 Å². The topological polar surface area (TPSA) is 73.8 Å². The van der Waals surface area contributed by atoms with Crippen LogP contribution in [0.4, 0.5) is 0 Å². The summed E-state index contributed by atoms with van der Waals surface area (Å²) >= 11 is 12.3. The van der Waals surface area contributed by atoms with Crippen LogP contribution < -0.4 is 5.56 Å². The van der Waals surface area contributed by atoms with E-state index in [-0.39, 0.29) is 18.0 Å². The van der Waals surface area contributed by atoms with Crippen LogP contribution in [0.5, 0.6) is 0 Å². The van der Waals surface area contributed by atoms with Gasteiger partial charge >= 0.3 is 0 Å². The van der Waals surface area contributed by atoms with Crippen molar-refractivity contribution in [1.82, 2.24) is 19.9 Å². The summed E-state index contributed by atoms with van der Waals surface area (Å²) in [6, 6.07) is 7.06. The standard InChI is InChI=1S/C13H7Br2ClN4O2/c14-9-5-17-20(13(21)11(9)15)6-10-18-12(19-22-10)7-1-3-8(16)4-2-7/h1-5H,6H2. The lowest BCUT2D eigenvalue weighted by molar-refractivity contribution is 0.363. The van der Waals surface area contributed by atoms with E-state index >= 15 is 0 Å². The van der Waals surface area contributed by atoms with Crippen molar-refractivity contribution in [3.63, 3.8) is 0 Å². The van der Waals surface area contributed by atoms with E-state index in [1.807, 2.05) is 0 Å². The lowest BCUT2D eigenvalue weighted by Gasteiger charge is -2.01. The minimum absolute atomic E-state index is 0.0886. The Balaban J connectivity index is 1.87. The second-order valence-electron chi connectivity index (χ2n) is 4.29. The van der Waals surface area contributed by atoms with Gasteiger partial charge in [0.25, 0.3) is 5.56 Å². The SMILES string of the molecule is O=c1c(Br)c(Br)cnn1Cc1nc(-c2ccc(Cl)cc2)no1. The van der Waals surface area contributed by atoms with E-state index in [0.717, 1.165) is 5.56 Å². The van der Waals surface area contributed by atoms with E-state index in [9.17, 15) is 4.79 Å². The van der Waals surface area contributed by atoms with Crippen LogP contribution in [0, 0.1) is 0 Å². The van der Waals surface area contributed by atoms with E-state index in [1.54, 1.807) is 24.3 Å². The Bertz CT molecular complexity index is 876. The van der Waals surface area contributed by atoms with Crippen LogP contribution in [0.1, 0.15) is 5.89 Å². The molecule has 2 heterocycles. The lowest BCUT2D eigenvalue weighted by Crippen LogP contribution is -2.24. The normalized spacial score (nSPS) is 10.9. The first kappa shape index (κ1) is 15.4. The molecule has 0 fully saturated rings. The maximum absolute atomic E-state index is 12.0. The van der Waals surface area contributed by atoms with Crippen molar-refractivity contribution < 1.29 is 4.52 Å². The molecule has 3 rings (SSSR count). The van der Waals surface area contributed by atoms with Crippen molar-refractivity contribution >= 4 is 43.5 Å². The number of rotatable bonds is 3. The fourth-order valence-corrected chi connectivity index (χ4v) is 2.42. The van der Waals surface area contributed by atoms with Crippen LogP contribution in [-0.2, 0) is 6.54 Å². The highest BCUT2D eigenvalue weighted by Gasteiger charge is 2.12. The van der Waals surface area contributed by atoms with E-state index in [1.165, 1.54) is 10.9 Å². The highest BCUT2D eigenvalue weighted by atomic mass is 79.9. The molecule has 0 aliphatic rings. The molecule has 0 saturated carbocycles. The van der Waals surface area contributed by atoms with Gasteiger partial charge in [0.2, 0.25) is 11.7 Å². The van der Waals surface area contributed by atoms with E-state index in [0.29, 0.717) is 19.8 Å². The number of hydrogen-bond donors (Lipinski definition) is 0. The molecule has 0 aliphatic carbocycles. The Kier molecular flexibility index (Phi) is 4.42. The molecule has 112 valence electrons. The minimum atomic E-state index is -0.291. The molecule has 2 aromatic heterocycles. The predicted molar refractivity (Wildman–Crippen MR) is 87.7 cm³/mol. The Morgan fingerprint density at radius 2 is 1.95 bits per heavy atom. The Labute approximate surface area is 146 Å². The molecule has 0 atom stereocenters. The van der Waals surface area contributed by atoms with Gasteiger partial charge in [-0.25, -0.2) is 4.68 Å². The van der Waals surface area contributed by atoms with Gasteiger partial charge in [0.05, 0.1) is 10.7 Å². The van der Waals surface area contributed by atoms with Crippen LogP contribution in [0.2, 0.25) is 5.02 Å². The molecular formula is C13H7Br2ClN4O2. The molecule has 3 aromatic rings. The van der Waals surface area contributed by atoms with Gasteiger partial charge in [-0.1, -0.05) is 16.8 Å². The average molecular weight is 446 g/mol. The fraction of sp³-hybridized carbons (Fsp3) is 0.0769. The Morgan fingerprint density at radius 1 is 1.23 bits per heavy atom. The average Bonchev–Trinajstić information content (AvgIpc) is 2.97. The molecule has 0 amide bonds. The molecule has 0 bridgehead atoms. The zero-order valence-electron chi connectivity index (χ0n) is 10.8. The third-order valence-electron chi connectivity index (χ3n) is 2.80. The first-order valence-electron chi connectivity index (χ1n) is 6.04. The zero-order chi connectivity index (χ0) is 15.7. The summed E-state index contributed by atoms with van der Waals surface area (Å²) in [6.07, 6.45) is 1.52. The van der Waals surface area contributed by atoms with E-state index in [2.05, 4.69) is 47.1 Å². The second kappa shape index (κ2) is 6.31. The third kappa shape index (κ3) is 3.13. The molecular weight excluding hydrogens is 439 g/mol. The predicted octanol–water partition coefficient (Wildman–Crippen LogP) is 3.52. The summed E-state index contributed by atoms with van der Waals surface area (Å²) in [7, 11) is 0. The third-order valence-corrected chi connectivity index (χ3v) is 4.95. The van der Waals surface area contributed by atoms with Crippen molar-refractivity contribution in [1.29, 1.82) is 0 Å². The van der Waals surface area contributed by atoms with E-state index < -0.39 is 0 Å². The Hall–Kier alpha value is -1.51. The maximum Gasteiger partial charge on any atom is 0.282 e. The quantitative estimate of drug-likeness (QED) is 0.616. The highest BCUT2D eigenvalue weighted by molar-refractivity contribution is 9.13. The van der Waals surface area contributed by atoms with Crippen molar-refractivity contribution in [2.75, 3.05) is 0 Å². The monoisotopic (exact) mass is 444 g/mol. The Morgan fingerprint density at radius 3 is 2.68 bits per heavy atom. The van der Waals surface area contributed by atoms with Gasteiger partial charge in [-0.2, -0.15) is 10.1 Å². The van der Waals surface area contributed by atoms with Gasteiger partial charge in [0.15, 0.2) is 0 Å². The molecule has 0 unspecified atom stereocenters. The second-order valence-corrected chi connectivity index (χ2v) is 6.37. The van der Waals surface area contributed by atoms with Crippen molar-refractivity contribution in [2.45, 2.75) is 6.54 Å². The van der Waals surface area contributed by atoms with Crippen molar-refractivity contribution in [2.24, 2.45) is 0 Å². The molecule has 0 N–H and O–H groups in total. The lowest BCUT2D eigenvalue weighted by atomic mass is 10.2. The molecule has 0 spiro atoms. The number of benzene rings is 1. The van der Waals surface area contributed by atoms with Crippen LogP contribution in [0.15, 0.2) is 48.7 Å². The maximum atomic E-state index is 12.0. The van der Waals surface area contributed by atoms with E-state index in [4.69, 9.17) is 16.1 Å². The summed E-state index contributed by atoms with van der Waals surface area (Å²) in [5, 5.41) is 8.53. The smallest absolute Gasteiger partial charge is 0.282 e. The molecule has 0 aliphatic heterocycles. The molecule has 22 heavy (non-hydrogen) atoms. The number of halogens is 3. The van der Waals surface area contributed by atoms with Gasteiger partial charge in [0, 0.05) is 10.6 Å². The molecule has 9 heteroatoms. The molecule has 0 saturated heterocycles. The van der Waals surface area contributed by atoms with Crippen molar-refractivity contribution in [3.05, 3.63) is 60.7 Å². The van der Waals surface area contributed by atoms with Crippen LogP contribution in [-0.4, -0.2) is 19.9 Å². The van der Waals surface area contributed by atoms with Crippen LogP contribution in [0.25, 0.3) is 11.4 Å². The molecule has 1 aromatic carbocycles. The van der Waals surface area contributed by atoms with Gasteiger partial charge in [-0.3, -0.25) is 4.79 Å². The number of aromatic nitrogens is 4. The first-order valence-corrected chi connectivity index (χ1v) is 8.00. The van der Waals surface area contributed by atoms with Crippen LogP contribution in [0.3, 0.4) is 0 Å². The number of hydrogen-bond acceptors (Lipinski definition) is 5. The molecule has 6 nitrogen and oxygen atoms in total. The highest BCUT2D eigenvalue weighted by Crippen LogP contribution is 2.19. The summed E-state index contributed by atoms with van der Waals surface area (Å²) < 4.78 is 7.36. The summed E-state index contributed by atoms with van der Waals surface area (Å²) in [6.45, 7) is 0.0886. The fourth-order valence-electron chi connectivity index (χ4n) is 1.72. The van der Waals surface area contributed by atoms with Crippen LogP contribution >= 0.6 is 43.5 Å². The zero-order valence-corrected chi connectivity index (χ0v) is 14.8. The largest absolute Gasteiger partial charge is 0.337 e. The van der Waals surface area contributed by atoms with Gasteiger partial charge in [-0.05, 0) is 56.1 Å². The molecule has 0 radical (unpaired) electrons. The van der Waals surface area contributed by atoms with Gasteiger partial charge in [0.1, 0.15) is 11.0 Å². The minimum Gasteiger partial charge on any atom is -0.337 e. The van der Waals surface area contributed by atoms with Gasteiger partial charge < -0.3 is 4.52 Å². The first-order chi connectivity index (χ1) is 10.5. The summed E-state index contributed by atoms with van der Waals surface area (Å²) in [5.41, 5.74) is 0.484.